The van der Waals surface area contributed by atoms with Crippen LogP contribution >= 0.6 is 0 Å². The fraction of sp³-hybridized carbons (Fsp3) is 0.600. The molecule has 0 unspecified atom stereocenters. The van der Waals surface area contributed by atoms with E-state index < -0.39 is 5.56 Å². The monoisotopic (exact) mass is 211 g/mol. The zero-order valence-corrected chi connectivity index (χ0v) is 9.36. The predicted molar refractivity (Wildman–Crippen MR) is 59.9 cm³/mol. The minimum Gasteiger partial charge on any atom is -0.393 e. The lowest BCUT2D eigenvalue weighted by atomic mass is 10.2. The molecule has 0 aliphatic heterocycles. The summed E-state index contributed by atoms with van der Waals surface area (Å²) in [4.78, 5) is 23.4. The standard InChI is InChI=1S/C10H17N3O2/c1-4-12-6-8(11)9(14)13(10(12)15)5-7(2)3/h6-7H,4-5,11H2,1-3H3. The van der Waals surface area contributed by atoms with Gasteiger partial charge in [0.2, 0.25) is 0 Å². The molecule has 5 heteroatoms. The fourth-order valence-electron chi connectivity index (χ4n) is 1.43. The van der Waals surface area contributed by atoms with E-state index in [1.54, 1.807) is 0 Å². The summed E-state index contributed by atoms with van der Waals surface area (Å²) in [5, 5.41) is 0. The molecule has 0 aromatic carbocycles. The van der Waals surface area contributed by atoms with Crippen LogP contribution in [-0.4, -0.2) is 9.13 Å². The summed E-state index contributed by atoms with van der Waals surface area (Å²) >= 11 is 0. The molecule has 0 aliphatic carbocycles. The Morgan fingerprint density at radius 2 is 2.00 bits per heavy atom. The second-order valence-electron chi connectivity index (χ2n) is 3.96. The molecule has 0 saturated heterocycles. The van der Waals surface area contributed by atoms with E-state index in [9.17, 15) is 9.59 Å². The van der Waals surface area contributed by atoms with E-state index in [-0.39, 0.29) is 17.3 Å². The van der Waals surface area contributed by atoms with Crippen LogP contribution in [0.5, 0.6) is 0 Å². The molecule has 1 rings (SSSR count). The van der Waals surface area contributed by atoms with Gasteiger partial charge in [-0.2, -0.15) is 0 Å². The van der Waals surface area contributed by atoms with Crippen LogP contribution in [0.25, 0.3) is 0 Å². The van der Waals surface area contributed by atoms with Crippen molar-refractivity contribution < 1.29 is 0 Å². The largest absolute Gasteiger partial charge is 0.393 e. The Kier molecular flexibility index (Phi) is 3.34. The highest BCUT2D eigenvalue weighted by molar-refractivity contribution is 5.30. The second kappa shape index (κ2) is 4.33. The molecule has 0 fully saturated rings. The van der Waals surface area contributed by atoms with Gasteiger partial charge in [-0.25, -0.2) is 4.79 Å². The molecule has 2 N–H and O–H groups in total. The third kappa shape index (κ3) is 2.29. The molecule has 0 saturated carbocycles. The minimum atomic E-state index is -0.390. The summed E-state index contributed by atoms with van der Waals surface area (Å²) in [5.74, 6) is 0.238. The molecule has 0 atom stereocenters. The van der Waals surface area contributed by atoms with Gasteiger partial charge in [-0.3, -0.25) is 13.9 Å². The van der Waals surface area contributed by atoms with Crippen molar-refractivity contribution in [1.82, 2.24) is 9.13 Å². The summed E-state index contributed by atoms with van der Waals surface area (Å²) < 4.78 is 2.64. The minimum absolute atomic E-state index is 0.122. The maximum absolute atomic E-state index is 11.8. The van der Waals surface area contributed by atoms with Gasteiger partial charge in [0.05, 0.1) is 0 Å². The zero-order valence-electron chi connectivity index (χ0n) is 9.36. The molecular weight excluding hydrogens is 194 g/mol. The first-order chi connectivity index (χ1) is 6.97. The van der Waals surface area contributed by atoms with Crippen LogP contribution in [0.4, 0.5) is 5.69 Å². The first kappa shape index (κ1) is 11.6. The second-order valence-corrected chi connectivity index (χ2v) is 3.96. The summed E-state index contributed by atoms with van der Waals surface area (Å²) in [6.45, 7) is 6.66. The van der Waals surface area contributed by atoms with E-state index in [2.05, 4.69) is 0 Å². The number of hydrogen-bond acceptors (Lipinski definition) is 3. The third-order valence-electron chi connectivity index (χ3n) is 2.15. The highest BCUT2D eigenvalue weighted by atomic mass is 16.2. The maximum Gasteiger partial charge on any atom is 0.331 e. The van der Waals surface area contributed by atoms with Crippen molar-refractivity contribution in [3.63, 3.8) is 0 Å². The number of nitrogens with two attached hydrogens (primary N) is 1. The highest BCUT2D eigenvalue weighted by Gasteiger charge is 2.09. The molecule has 1 heterocycles. The first-order valence-corrected chi connectivity index (χ1v) is 5.07. The van der Waals surface area contributed by atoms with Crippen molar-refractivity contribution in [2.24, 2.45) is 5.92 Å². The Morgan fingerprint density at radius 3 is 2.47 bits per heavy atom. The quantitative estimate of drug-likeness (QED) is 0.780. The van der Waals surface area contributed by atoms with E-state index in [0.717, 1.165) is 0 Å². The van der Waals surface area contributed by atoms with Crippen molar-refractivity contribution >= 4 is 5.69 Å². The Morgan fingerprint density at radius 1 is 1.40 bits per heavy atom. The van der Waals surface area contributed by atoms with E-state index >= 15 is 0 Å². The topological polar surface area (TPSA) is 70.0 Å². The van der Waals surface area contributed by atoms with Gasteiger partial charge in [0, 0.05) is 19.3 Å². The van der Waals surface area contributed by atoms with Crippen LogP contribution in [0.3, 0.4) is 0 Å². The van der Waals surface area contributed by atoms with Crippen LogP contribution in [-0.2, 0) is 13.1 Å². The maximum atomic E-state index is 11.8. The first-order valence-electron chi connectivity index (χ1n) is 5.07. The van der Waals surface area contributed by atoms with Crippen molar-refractivity contribution in [2.75, 3.05) is 5.73 Å². The molecule has 0 spiro atoms. The van der Waals surface area contributed by atoms with Crippen LogP contribution in [0.2, 0.25) is 0 Å². The molecule has 0 aliphatic rings. The van der Waals surface area contributed by atoms with Crippen LogP contribution in [0, 0.1) is 5.92 Å². The summed E-state index contributed by atoms with van der Waals surface area (Å²) in [6.07, 6.45) is 1.40. The number of aryl methyl sites for hydroxylation is 1. The Hall–Kier alpha value is -1.52. The lowest BCUT2D eigenvalue weighted by molar-refractivity contribution is 0.473. The SMILES string of the molecule is CCn1cc(N)c(=O)n(CC(C)C)c1=O. The molecule has 1 aromatic rings. The van der Waals surface area contributed by atoms with E-state index in [4.69, 9.17) is 5.73 Å². The molecule has 0 radical (unpaired) electrons. The van der Waals surface area contributed by atoms with Crippen molar-refractivity contribution in [1.29, 1.82) is 0 Å². The van der Waals surface area contributed by atoms with Gasteiger partial charge in [0.1, 0.15) is 5.69 Å². The summed E-state index contributed by atoms with van der Waals surface area (Å²) in [6, 6.07) is 0. The van der Waals surface area contributed by atoms with Gasteiger partial charge >= 0.3 is 5.69 Å². The Labute approximate surface area is 88.1 Å². The van der Waals surface area contributed by atoms with Crippen molar-refractivity contribution in [3.8, 4) is 0 Å². The number of nitrogens with zero attached hydrogens (tertiary/aromatic N) is 2. The molecule has 0 bridgehead atoms. The lowest BCUT2D eigenvalue weighted by Crippen LogP contribution is -2.41. The molecule has 0 amide bonds. The van der Waals surface area contributed by atoms with Gasteiger partial charge in [-0.1, -0.05) is 13.8 Å². The van der Waals surface area contributed by atoms with Gasteiger partial charge < -0.3 is 5.73 Å². The van der Waals surface area contributed by atoms with Crippen LogP contribution < -0.4 is 17.0 Å². The molecule has 84 valence electrons. The highest BCUT2D eigenvalue weighted by Crippen LogP contribution is 1.95. The molecular formula is C10H17N3O2. The predicted octanol–water partition coefficient (Wildman–Crippen LogP) is 0.268. The number of anilines is 1. The summed E-state index contributed by atoms with van der Waals surface area (Å²) in [5.41, 5.74) is 4.99. The van der Waals surface area contributed by atoms with Crippen molar-refractivity contribution in [2.45, 2.75) is 33.9 Å². The summed E-state index contributed by atoms with van der Waals surface area (Å²) in [7, 11) is 0. The number of rotatable bonds is 3. The van der Waals surface area contributed by atoms with E-state index in [0.29, 0.717) is 13.1 Å². The van der Waals surface area contributed by atoms with Crippen LogP contribution in [0.1, 0.15) is 20.8 Å². The van der Waals surface area contributed by atoms with Crippen molar-refractivity contribution in [3.05, 3.63) is 27.0 Å². The zero-order chi connectivity index (χ0) is 11.6. The third-order valence-corrected chi connectivity index (χ3v) is 2.15. The smallest absolute Gasteiger partial charge is 0.331 e. The fourth-order valence-corrected chi connectivity index (χ4v) is 1.43. The Bertz CT molecular complexity index is 457. The van der Waals surface area contributed by atoms with Crippen LogP contribution in [0.15, 0.2) is 15.8 Å². The van der Waals surface area contributed by atoms with Gasteiger partial charge in [-0.05, 0) is 12.8 Å². The lowest BCUT2D eigenvalue weighted by Gasteiger charge is -2.11. The normalized spacial score (nSPS) is 10.9. The molecule has 5 nitrogen and oxygen atoms in total. The van der Waals surface area contributed by atoms with E-state index in [1.807, 2.05) is 20.8 Å². The average molecular weight is 211 g/mol. The Balaban J connectivity index is 3.41. The number of hydrogen-bond donors (Lipinski definition) is 1. The molecule has 15 heavy (non-hydrogen) atoms. The number of nitrogen functional groups attached to an aromatic ring is 1. The van der Waals surface area contributed by atoms with E-state index in [1.165, 1.54) is 15.3 Å². The van der Waals surface area contributed by atoms with Gasteiger partial charge in [0.15, 0.2) is 0 Å². The van der Waals surface area contributed by atoms with Gasteiger partial charge in [-0.15, -0.1) is 0 Å². The average Bonchev–Trinajstić information content (AvgIpc) is 2.18. The van der Waals surface area contributed by atoms with Gasteiger partial charge in [0.25, 0.3) is 5.56 Å². The number of aromatic nitrogens is 2. The molecule has 1 aromatic heterocycles.